The molecule has 0 bridgehead atoms. The average Bonchev–Trinajstić information content (AvgIpc) is 2.56. The number of halogens is 1. The quantitative estimate of drug-likeness (QED) is 0.834. The van der Waals surface area contributed by atoms with E-state index in [0.717, 1.165) is 25.0 Å². The lowest BCUT2D eigenvalue weighted by Crippen LogP contribution is -2.33. The average molecular weight is 267 g/mol. The van der Waals surface area contributed by atoms with E-state index in [9.17, 15) is 4.79 Å². The van der Waals surface area contributed by atoms with E-state index in [1.54, 1.807) is 12.1 Å². The van der Waals surface area contributed by atoms with E-state index >= 15 is 0 Å². The Morgan fingerprint density at radius 2 is 2.22 bits per heavy atom. The predicted molar refractivity (Wildman–Crippen MR) is 72.9 cm³/mol. The molecule has 0 aliphatic heterocycles. The van der Waals surface area contributed by atoms with Crippen LogP contribution in [-0.2, 0) is 0 Å². The molecule has 1 unspecified atom stereocenters. The Hall–Kier alpha value is -1.09. The van der Waals surface area contributed by atoms with Gasteiger partial charge < -0.3 is 5.32 Å². The SMILES string of the molecule is Cc1cc(C(=O)NC2CCC(C)(C)C2)cc(Cl)n1. The second-order valence-corrected chi connectivity index (χ2v) is 6.28. The summed E-state index contributed by atoms with van der Waals surface area (Å²) in [6.45, 7) is 6.32. The van der Waals surface area contributed by atoms with Gasteiger partial charge in [0, 0.05) is 17.3 Å². The van der Waals surface area contributed by atoms with Crippen molar-refractivity contribution in [1.29, 1.82) is 0 Å². The number of nitrogens with one attached hydrogen (secondary N) is 1. The summed E-state index contributed by atoms with van der Waals surface area (Å²) in [5.74, 6) is -0.0508. The van der Waals surface area contributed by atoms with Gasteiger partial charge in [-0.3, -0.25) is 4.79 Å². The Morgan fingerprint density at radius 1 is 1.50 bits per heavy atom. The molecule has 0 spiro atoms. The lowest BCUT2D eigenvalue weighted by molar-refractivity contribution is 0.0936. The van der Waals surface area contributed by atoms with E-state index in [-0.39, 0.29) is 11.9 Å². The largest absolute Gasteiger partial charge is 0.349 e. The van der Waals surface area contributed by atoms with Crippen LogP contribution in [0.25, 0.3) is 0 Å². The predicted octanol–water partition coefficient (Wildman–Crippen LogP) is 3.35. The van der Waals surface area contributed by atoms with Gasteiger partial charge in [-0.15, -0.1) is 0 Å². The van der Waals surface area contributed by atoms with Crippen LogP contribution in [-0.4, -0.2) is 16.9 Å². The summed E-state index contributed by atoms with van der Waals surface area (Å²) in [6.07, 6.45) is 3.25. The molecule has 1 N–H and O–H groups in total. The van der Waals surface area contributed by atoms with Gasteiger partial charge in [0.25, 0.3) is 5.91 Å². The van der Waals surface area contributed by atoms with Gasteiger partial charge in [-0.1, -0.05) is 25.4 Å². The first-order valence-electron chi connectivity index (χ1n) is 6.31. The highest BCUT2D eigenvalue weighted by Crippen LogP contribution is 2.36. The summed E-state index contributed by atoms with van der Waals surface area (Å²) in [4.78, 5) is 16.2. The number of amides is 1. The fourth-order valence-corrected chi connectivity index (χ4v) is 2.84. The highest BCUT2D eigenvalue weighted by Gasteiger charge is 2.31. The third kappa shape index (κ3) is 3.22. The molecule has 1 atom stereocenters. The van der Waals surface area contributed by atoms with E-state index in [0.29, 0.717) is 16.1 Å². The van der Waals surface area contributed by atoms with Crippen molar-refractivity contribution < 1.29 is 4.79 Å². The molecule has 0 radical (unpaired) electrons. The number of nitrogens with zero attached hydrogens (tertiary/aromatic N) is 1. The molecule has 1 aromatic heterocycles. The maximum atomic E-state index is 12.1. The number of carbonyl (C=O) groups excluding carboxylic acids is 1. The molecule has 1 saturated carbocycles. The minimum absolute atomic E-state index is 0.0508. The highest BCUT2D eigenvalue weighted by atomic mass is 35.5. The van der Waals surface area contributed by atoms with Crippen molar-refractivity contribution in [3.63, 3.8) is 0 Å². The van der Waals surface area contributed by atoms with E-state index in [4.69, 9.17) is 11.6 Å². The second kappa shape index (κ2) is 4.88. The minimum atomic E-state index is -0.0508. The van der Waals surface area contributed by atoms with Crippen LogP contribution >= 0.6 is 11.6 Å². The van der Waals surface area contributed by atoms with E-state index < -0.39 is 0 Å². The molecule has 4 heteroatoms. The Balaban J connectivity index is 2.04. The highest BCUT2D eigenvalue weighted by molar-refractivity contribution is 6.29. The third-order valence-corrected chi connectivity index (χ3v) is 3.68. The van der Waals surface area contributed by atoms with Crippen molar-refractivity contribution >= 4 is 17.5 Å². The van der Waals surface area contributed by atoms with Crippen LogP contribution < -0.4 is 5.32 Å². The molecule has 18 heavy (non-hydrogen) atoms. The van der Waals surface area contributed by atoms with Gasteiger partial charge in [0.1, 0.15) is 5.15 Å². The number of pyridine rings is 1. The second-order valence-electron chi connectivity index (χ2n) is 5.90. The molecule has 1 heterocycles. The van der Waals surface area contributed by atoms with Crippen LogP contribution in [0.1, 0.15) is 49.2 Å². The van der Waals surface area contributed by atoms with Crippen molar-refractivity contribution in [3.8, 4) is 0 Å². The van der Waals surface area contributed by atoms with Crippen LogP contribution in [0.2, 0.25) is 5.15 Å². The Labute approximate surface area is 113 Å². The molecule has 1 aliphatic carbocycles. The number of carbonyl (C=O) groups is 1. The first kappa shape index (κ1) is 13.3. The van der Waals surface area contributed by atoms with Crippen LogP contribution in [0.15, 0.2) is 12.1 Å². The normalized spacial score (nSPS) is 21.9. The van der Waals surface area contributed by atoms with Gasteiger partial charge in [-0.25, -0.2) is 4.98 Å². The molecule has 98 valence electrons. The zero-order chi connectivity index (χ0) is 13.3. The van der Waals surface area contributed by atoms with Gasteiger partial charge >= 0.3 is 0 Å². The van der Waals surface area contributed by atoms with Crippen molar-refractivity contribution in [1.82, 2.24) is 10.3 Å². The molecule has 1 amide bonds. The first-order valence-corrected chi connectivity index (χ1v) is 6.69. The summed E-state index contributed by atoms with van der Waals surface area (Å²) < 4.78 is 0. The Morgan fingerprint density at radius 3 is 2.78 bits per heavy atom. The molecule has 1 aromatic rings. The Kier molecular flexibility index (Phi) is 3.62. The van der Waals surface area contributed by atoms with Crippen molar-refractivity contribution in [2.75, 3.05) is 0 Å². The lowest BCUT2D eigenvalue weighted by Gasteiger charge is -2.18. The molecule has 1 aliphatic rings. The molecule has 1 fully saturated rings. The summed E-state index contributed by atoms with van der Waals surface area (Å²) in [5.41, 5.74) is 1.70. The maximum absolute atomic E-state index is 12.1. The number of hydrogen-bond acceptors (Lipinski definition) is 2. The fraction of sp³-hybridized carbons (Fsp3) is 0.571. The topological polar surface area (TPSA) is 42.0 Å². The van der Waals surface area contributed by atoms with Gasteiger partial charge in [-0.05, 0) is 43.7 Å². The first-order chi connectivity index (χ1) is 8.35. The minimum Gasteiger partial charge on any atom is -0.349 e. The zero-order valence-electron chi connectivity index (χ0n) is 11.1. The van der Waals surface area contributed by atoms with Gasteiger partial charge in [0.2, 0.25) is 0 Å². The zero-order valence-corrected chi connectivity index (χ0v) is 11.8. The van der Waals surface area contributed by atoms with Crippen LogP contribution in [0, 0.1) is 12.3 Å². The Bertz CT molecular complexity index is 451. The van der Waals surface area contributed by atoms with Crippen molar-refractivity contribution in [3.05, 3.63) is 28.5 Å². The number of hydrogen-bond donors (Lipinski definition) is 1. The lowest BCUT2D eigenvalue weighted by atomic mass is 9.92. The van der Waals surface area contributed by atoms with E-state index in [1.165, 1.54) is 0 Å². The molecular formula is C14H19ClN2O. The van der Waals surface area contributed by atoms with E-state index in [1.807, 2.05) is 6.92 Å². The molecule has 0 aromatic carbocycles. The number of rotatable bonds is 2. The van der Waals surface area contributed by atoms with Gasteiger partial charge in [0.15, 0.2) is 0 Å². The van der Waals surface area contributed by atoms with Crippen LogP contribution in [0.5, 0.6) is 0 Å². The smallest absolute Gasteiger partial charge is 0.251 e. The maximum Gasteiger partial charge on any atom is 0.251 e. The number of aromatic nitrogens is 1. The molecule has 2 rings (SSSR count). The van der Waals surface area contributed by atoms with Crippen molar-refractivity contribution in [2.24, 2.45) is 5.41 Å². The summed E-state index contributed by atoms with van der Waals surface area (Å²) in [5, 5.41) is 3.45. The van der Waals surface area contributed by atoms with Crippen LogP contribution in [0.4, 0.5) is 0 Å². The molecular weight excluding hydrogens is 248 g/mol. The van der Waals surface area contributed by atoms with Gasteiger partial charge in [-0.2, -0.15) is 0 Å². The summed E-state index contributed by atoms with van der Waals surface area (Å²) >= 11 is 5.87. The summed E-state index contributed by atoms with van der Waals surface area (Å²) in [7, 11) is 0. The van der Waals surface area contributed by atoms with Gasteiger partial charge in [0.05, 0.1) is 0 Å². The third-order valence-electron chi connectivity index (χ3n) is 3.49. The summed E-state index contributed by atoms with van der Waals surface area (Å²) in [6, 6.07) is 3.66. The monoisotopic (exact) mass is 266 g/mol. The van der Waals surface area contributed by atoms with E-state index in [2.05, 4.69) is 24.1 Å². The molecule has 3 nitrogen and oxygen atoms in total. The standard InChI is InChI=1S/C14H19ClN2O/c1-9-6-10(7-12(15)16-9)13(18)17-11-4-5-14(2,3)8-11/h6-7,11H,4-5,8H2,1-3H3,(H,17,18). The fourth-order valence-electron chi connectivity index (χ4n) is 2.59. The number of aryl methyl sites for hydroxylation is 1. The van der Waals surface area contributed by atoms with Crippen molar-refractivity contribution in [2.45, 2.75) is 46.1 Å². The molecule has 0 saturated heterocycles. The van der Waals surface area contributed by atoms with Crippen LogP contribution in [0.3, 0.4) is 0 Å².